The highest BCUT2D eigenvalue weighted by molar-refractivity contribution is 5.92. The summed E-state index contributed by atoms with van der Waals surface area (Å²) in [6, 6.07) is 3.20. The van der Waals surface area contributed by atoms with Gasteiger partial charge in [-0.25, -0.2) is 4.98 Å². The molecule has 1 amide bonds. The summed E-state index contributed by atoms with van der Waals surface area (Å²) in [5, 5.41) is 3.90. The highest BCUT2D eigenvalue weighted by Gasteiger charge is 2.32. The van der Waals surface area contributed by atoms with E-state index in [2.05, 4.69) is 15.1 Å². The van der Waals surface area contributed by atoms with Crippen molar-refractivity contribution < 1.29 is 9.32 Å². The second kappa shape index (κ2) is 5.33. The zero-order valence-corrected chi connectivity index (χ0v) is 12.9. The van der Waals surface area contributed by atoms with Gasteiger partial charge in [0.1, 0.15) is 17.3 Å². The minimum absolute atomic E-state index is 0.157. The van der Waals surface area contributed by atoms with E-state index < -0.39 is 0 Å². The number of carbonyl (C=O) groups is 1. The fraction of sp³-hybridized carbons (Fsp3) is 0.500. The Balaban J connectivity index is 1.52. The Hall–Kier alpha value is -2.44. The number of hydrogen-bond acceptors (Lipinski definition) is 5. The van der Waals surface area contributed by atoms with Crippen LogP contribution in [0.2, 0.25) is 0 Å². The molecular weight excluding hydrogens is 296 g/mol. The smallest absolute Gasteiger partial charge is 0.272 e. The van der Waals surface area contributed by atoms with Crippen molar-refractivity contribution in [2.45, 2.75) is 38.0 Å². The van der Waals surface area contributed by atoms with Gasteiger partial charge in [-0.1, -0.05) is 5.16 Å². The molecule has 1 saturated carbocycles. The lowest BCUT2D eigenvalue weighted by Gasteiger charge is -2.15. The Kier molecular flexibility index (Phi) is 3.28. The molecule has 2 aliphatic rings. The van der Waals surface area contributed by atoms with Gasteiger partial charge in [0.25, 0.3) is 11.5 Å². The van der Waals surface area contributed by atoms with Gasteiger partial charge in [0.15, 0.2) is 0 Å². The van der Waals surface area contributed by atoms with Crippen LogP contribution in [0.5, 0.6) is 0 Å². The van der Waals surface area contributed by atoms with Crippen molar-refractivity contribution in [1.82, 2.24) is 20.0 Å². The summed E-state index contributed by atoms with van der Waals surface area (Å²) in [7, 11) is 0. The largest absolute Gasteiger partial charge is 0.361 e. The van der Waals surface area contributed by atoms with Crippen molar-refractivity contribution in [3.8, 4) is 0 Å². The minimum atomic E-state index is -0.258. The number of aromatic nitrogens is 3. The zero-order valence-electron chi connectivity index (χ0n) is 12.9. The second-order valence-electron chi connectivity index (χ2n) is 6.40. The molecule has 120 valence electrons. The Bertz CT molecular complexity index is 806. The van der Waals surface area contributed by atoms with Crippen molar-refractivity contribution in [1.29, 1.82) is 0 Å². The van der Waals surface area contributed by atoms with E-state index in [1.165, 1.54) is 6.07 Å². The van der Waals surface area contributed by atoms with Crippen LogP contribution < -0.4 is 5.56 Å². The van der Waals surface area contributed by atoms with E-state index in [0.717, 1.165) is 30.7 Å². The summed E-state index contributed by atoms with van der Waals surface area (Å²) in [5.41, 5.74) is 0.826. The molecule has 2 aromatic heterocycles. The first-order valence-electron chi connectivity index (χ1n) is 7.94. The van der Waals surface area contributed by atoms with Gasteiger partial charge in [-0.2, -0.15) is 0 Å². The predicted molar refractivity (Wildman–Crippen MR) is 81.3 cm³/mol. The lowest BCUT2D eigenvalue weighted by atomic mass is 10.1. The second-order valence-corrected chi connectivity index (χ2v) is 6.40. The molecule has 0 aromatic carbocycles. The number of H-pyrrole nitrogens is 1. The van der Waals surface area contributed by atoms with Gasteiger partial charge in [-0.15, -0.1) is 0 Å². The molecule has 4 rings (SSSR count). The minimum Gasteiger partial charge on any atom is -0.361 e. The Morgan fingerprint density at radius 3 is 2.83 bits per heavy atom. The summed E-state index contributed by atoms with van der Waals surface area (Å²) in [5.74, 6) is 1.73. The van der Waals surface area contributed by atoms with Crippen LogP contribution in [-0.2, 0) is 0 Å². The highest BCUT2D eigenvalue weighted by atomic mass is 16.5. The van der Waals surface area contributed by atoms with E-state index >= 15 is 0 Å². The molecule has 23 heavy (non-hydrogen) atoms. The van der Waals surface area contributed by atoms with E-state index in [4.69, 9.17) is 4.52 Å². The quantitative estimate of drug-likeness (QED) is 0.928. The number of aryl methyl sites for hydroxylation is 1. The molecule has 1 aliphatic heterocycles. The molecule has 3 heterocycles. The monoisotopic (exact) mass is 314 g/mol. The van der Waals surface area contributed by atoms with E-state index in [1.54, 1.807) is 4.90 Å². The molecule has 0 radical (unpaired) electrons. The lowest BCUT2D eigenvalue weighted by molar-refractivity contribution is 0.0783. The van der Waals surface area contributed by atoms with Crippen molar-refractivity contribution in [2.75, 3.05) is 13.1 Å². The first kappa shape index (κ1) is 14.2. The van der Waals surface area contributed by atoms with Crippen LogP contribution in [-0.4, -0.2) is 39.0 Å². The fourth-order valence-corrected chi connectivity index (χ4v) is 3.05. The van der Waals surface area contributed by atoms with Crippen molar-refractivity contribution in [2.24, 2.45) is 0 Å². The van der Waals surface area contributed by atoms with E-state index in [0.29, 0.717) is 24.8 Å². The number of hydrogen-bond donors (Lipinski definition) is 1. The summed E-state index contributed by atoms with van der Waals surface area (Å²) < 4.78 is 5.30. The number of rotatable bonds is 3. The standard InChI is InChI=1S/C16H18N4O3/c1-9-6-13(23-19-9)11-4-5-20(8-11)16(22)12-7-14(21)18-15(17-12)10-2-3-10/h6-7,10-11H,2-5,8H2,1H3,(H,17,18,21). The van der Waals surface area contributed by atoms with Gasteiger partial charge in [0.2, 0.25) is 0 Å². The maximum absolute atomic E-state index is 12.6. The molecule has 1 saturated heterocycles. The summed E-state index contributed by atoms with van der Waals surface area (Å²) >= 11 is 0. The Labute approximate surface area is 132 Å². The Morgan fingerprint density at radius 2 is 2.13 bits per heavy atom. The van der Waals surface area contributed by atoms with E-state index in [9.17, 15) is 9.59 Å². The van der Waals surface area contributed by atoms with Crippen LogP contribution in [0.25, 0.3) is 0 Å². The van der Waals surface area contributed by atoms with Gasteiger partial charge in [0, 0.05) is 37.1 Å². The highest BCUT2D eigenvalue weighted by Crippen LogP contribution is 2.37. The molecule has 1 unspecified atom stereocenters. The fourth-order valence-electron chi connectivity index (χ4n) is 3.05. The number of nitrogens with one attached hydrogen (secondary N) is 1. The maximum atomic E-state index is 12.6. The molecule has 7 heteroatoms. The van der Waals surface area contributed by atoms with Crippen molar-refractivity contribution in [3.63, 3.8) is 0 Å². The molecule has 1 aliphatic carbocycles. The van der Waals surface area contributed by atoms with E-state index in [-0.39, 0.29) is 23.1 Å². The van der Waals surface area contributed by atoms with Gasteiger partial charge in [0.05, 0.1) is 5.69 Å². The van der Waals surface area contributed by atoms with Crippen LogP contribution in [0.1, 0.15) is 58.9 Å². The average molecular weight is 314 g/mol. The summed E-state index contributed by atoms with van der Waals surface area (Å²) in [4.78, 5) is 33.2. The third-order valence-electron chi connectivity index (χ3n) is 4.47. The third-order valence-corrected chi connectivity index (χ3v) is 4.47. The molecular formula is C16H18N4O3. The SMILES string of the molecule is Cc1cc(C2CCN(C(=O)c3cc(=O)[nH]c(C4CC4)n3)C2)on1. The topological polar surface area (TPSA) is 92.1 Å². The van der Waals surface area contributed by atoms with Gasteiger partial charge >= 0.3 is 0 Å². The van der Waals surface area contributed by atoms with Crippen molar-refractivity contribution >= 4 is 5.91 Å². The Morgan fingerprint density at radius 1 is 1.30 bits per heavy atom. The van der Waals surface area contributed by atoms with Crippen molar-refractivity contribution in [3.05, 3.63) is 45.5 Å². The molecule has 2 fully saturated rings. The third kappa shape index (κ3) is 2.78. The maximum Gasteiger partial charge on any atom is 0.272 e. The van der Waals surface area contributed by atoms with Crippen LogP contribution >= 0.6 is 0 Å². The predicted octanol–water partition coefficient (Wildman–Crippen LogP) is 1.57. The number of amides is 1. The lowest BCUT2D eigenvalue weighted by Crippen LogP contribution is -2.30. The van der Waals surface area contributed by atoms with Crippen LogP contribution in [0.3, 0.4) is 0 Å². The van der Waals surface area contributed by atoms with Gasteiger partial charge < -0.3 is 14.4 Å². The molecule has 0 bridgehead atoms. The van der Waals surface area contributed by atoms with Gasteiger partial charge in [-0.05, 0) is 26.2 Å². The van der Waals surface area contributed by atoms with E-state index in [1.807, 2.05) is 13.0 Å². The summed E-state index contributed by atoms with van der Waals surface area (Å²) in [6.45, 7) is 3.08. The number of likely N-dealkylation sites (tertiary alicyclic amines) is 1. The summed E-state index contributed by atoms with van der Waals surface area (Å²) in [6.07, 6.45) is 2.88. The molecule has 1 N–H and O–H groups in total. The van der Waals surface area contributed by atoms with Crippen LogP contribution in [0.15, 0.2) is 21.5 Å². The number of carbonyl (C=O) groups excluding carboxylic acids is 1. The molecule has 0 spiro atoms. The molecule has 7 nitrogen and oxygen atoms in total. The van der Waals surface area contributed by atoms with Gasteiger partial charge in [-0.3, -0.25) is 9.59 Å². The first-order valence-corrected chi connectivity index (χ1v) is 7.94. The first-order chi connectivity index (χ1) is 11.1. The number of nitrogens with zero attached hydrogens (tertiary/aromatic N) is 3. The molecule has 2 aromatic rings. The zero-order chi connectivity index (χ0) is 16.0. The number of aromatic amines is 1. The van der Waals surface area contributed by atoms with Crippen LogP contribution in [0.4, 0.5) is 0 Å². The van der Waals surface area contributed by atoms with Crippen LogP contribution in [0, 0.1) is 6.92 Å². The normalized spacial score (nSPS) is 20.9. The molecule has 1 atom stereocenters. The average Bonchev–Trinajstić information content (AvgIpc) is 3.11.